The molecule has 0 radical (unpaired) electrons. The Kier molecular flexibility index (Phi) is 7.76. The molecule has 5 rings (SSSR count). The van der Waals surface area contributed by atoms with Gasteiger partial charge in [0.25, 0.3) is 5.89 Å². The molecule has 0 amide bonds. The molecule has 0 spiro atoms. The number of benzene rings is 2. The maximum atomic E-state index is 12.9. The van der Waals surface area contributed by atoms with Crippen molar-refractivity contribution >= 4 is 10.0 Å². The monoisotopic (exact) mass is 536 g/mol. The van der Waals surface area contributed by atoms with Crippen LogP contribution < -0.4 is 14.8 Å². The Morgan fingerprint density at radius 1 is 1.26 bits per heavy atom. The number of hydrogen-bond donors (Lipinski definition) is 2. The third kappa shape index (κ3) is 5.89. The molecule has 1 fully saturated rings. The number of nitriles is 1. The lowest BCUT2D eigenvalue weighted by Gasteiger charge is -2.27. The van der Waals surface area contributed by atoms with Crippen molar-refractivity contribution in [3.8, 4) is 34.7 Å². The maximum absolute atomic E-state index is 12.9. The summed E-state index contributed by atoms with van der Waals surface area (Å²) >= 11 is 0. The SMILES string of the molecule is CC(C)Oc1ccc(-c2nc(-c3cccc4c3CC[C@@H]4NS(=O)(=O)CCN3CCNCC3)no2)cc1C#N. The molecular formula is C27H32N6O4S. The summed E-state index contributed by atoms with van der Waals surface area (Å²) in [5.74, 6) is 1.32. The fourth-order valence-electron chi connectivity index (χ4n) is 5.00. The number of nitrogens with one attached hydrogen (secondary N) is 2. The van der Waals surface area contributed by atoms with E-state index in [9.17, 15) is 13.7 Å². The Morgan fingerprint density at radius 3 is 2.84 bits per heavy atom. The van der Waals surface area contributed by atoms with E-state index >= 15 is 0 Å². The van der Waals surface area contributed by atoms with Crippen LogP contribution in [0.5, 0.6) is 5.75 Å². The molecular weight excluding hydrogens is 504 g/mol. The fraction of sp³-hybridized carbons (Fsp3) is 0.444. The van der Waals surface area contributed by atoms with Crippen LogP contribution in [0.2, 0.25) is 0 Å². The molecule has 3 aromatic rings. The first-order valence-corrected chi connectivity index (χ1v) is 14.6. The molecule has 0 unspecified atom stereocenters. The van der Waals surface area contributed by atoms with E-state index in [2.05, 4.69) is 31.1 Å². The Labute approximate surface area is 223 Å². The largest absolute Gasteiger partial charge is 0.490 e. The van der Waals surface area contributed by atoms with Gasteiger partial charge in [-0.1, -0.05) is 23.4 Å². The van der Waals surface area contributed by atoms with Crippen LogP contribution in [0.3, 0.4) is 0 Å². The first kappa shape index (κ1) is 26.3. The smallest absolute Gasteiger partial charge is 0.258 e. The van der Waals surface area contributed by atoms with Gasteiger partial charge in [-0.15, -0.1) is 0 Å². The number of hydrogen-bond acceptors (Lipinski definition) is 9. The minimum atomic E-state index is -3.43. The second-order valence-electron chi connectivity index (χ2n) is 9.91. The average Bonchev–Trinajstić information content (AvgIpc) is 3.56. The summed E-state index contributed by atoms with van der Waals surface area (Å²) in [6, 6.07) is 12.9. The van der Waals surface area contributed by atoms with Crippen molar-refractivity contribution < 1.29 is 17.7 Å². The van der Waals surface area contributed by atoms with Gasteiger partial charge in [0, 0.05) is 49.9 Å². The number of sulfonamides is 1. The zero-order chi connectivity index (χ0) is 26.7. The number of piperazine rings is 1. The maximum Gasteiger partial charge on any atom is 0.258 e. The zero-order valence-corrected chi connectivity index (χ0v) is 22.4. The van der Waals surface area contributed by atoms with E-state index in [4.69, 9.17) is 9.26 Å². The van der Waals surface area contributed by atoms with Gasteiger partial charge in [0.15, 0.2) is 0 Å². The fourth-order valence-corrected chi connectivity index (χ4v) is 6.30. The van der Waals surface area contributed by atoms with Crippen LogP contribution in [-0.4, -0.2) is 68.0 Å². The summed E-state index contributed by atoms with van der Waals surface area (Å²) in [5, 5.41) is 17.0. The second-order valence-corrected chi connectivity index (χ2v) is 11.8. The molecule has 1 aromatic heterocycles. The number of fused-ring (bicyclic) bond motifs is 1. The van der Waals surface area contributed by atoms with Gasteiger partial charge < -0.3 is 14.6 Å². The number of nitrogens with zero attached hydrogens (tertiary/aromatic N) is 4. The molecule has 10 nitrogen and oxygen atoms in total. The minimum absolute atomic E-state index is 0.0522. The van der Waals surface area contributed by atoms with Crippen molar-refractivity contribution in [1.29, 1.82) is 5.26 Å². The van der Waals surface area contributed by atoms with Gasteiger partial charge in [-0.3, -0.25) is 4.90 Å². The molecule has 2 heterocycles. The highest BCUT2D eigenvalue weighted by Gasteiger charge is 2.30. The second kappa shape index (κ2) is 11.2. The van der Waals surface area contributed by atoms with E-state index in [1.165, 1.54) is 0 Å². The van der Waals surface area contributed by atoms with Crippen LogP contribution >= 0.6 is 0 Å². The molecule has 2 aliphatic rings. The number of ether oxygens (including phenoxy) is 1. The van der Waals surface area contributed by atoms with E-state index < -0.39 is 10.0 Å². The highest BCUT2D eigenvalue weighted by Crippen LogP contribution is 2.38. The summed E-state index contributed by atoms with van der Waals surface area (Å²) < 4.78 is 39.9. The molecule has 1 atom stereocenters. The van der Waals surface area contributed by atoms with Crippen molar-refractivity contribution in [2.45, 2.75) is 38.8 Å². The van der Waals surface area contributed by atoms with Gasteiger partial charge in [-0.2, -0.15) is 10.2 Å². The van der Waals surface area contributed by atoms with Crippen LogP contribution in [0.4, 0.5) is 0 Å². The lowest BCUT2D eigenvalue weighted by molar-refractivity contribution is 0.241. The Morgan fingerprint density at radius 2 is 2.08 bits per heavy atom. The number of rotatable bonds is 9. The third-order valence-electron chi connectivity index (χ3n) is 6.85. The molecule has 38 heavy (non-hydrogen) atoms. The topological polar surface area (TPSA) is 133 Å². The molecule has 2 aromatic carbocycles. The summed E-state index contributed by atoms with van der Waals surface area (Å²) in [6.07, 6.45) is 1.33. The van der Waals surface area contributed by atoms with Crippen molar-refractivity contribution in [3.05, 3.63) is 53.1 Å². The molecule has 200 valence electrons. The van der Waals surface area contributed by atoms with Crippen LogP contribution in [0.25, 0.3) is 22.8 Å². The normalized spacial score (nSPS) is 17.9. The standard InChI is InChI=1S/C27H32N6O4S/c1-18(2)36-25-9-6-19(16-20(25)17-28)27-30-26(31-37-27)23-5-3-4-22-21(23)7-8-24(22)32-38(34,35)15-14-33-12-10-29-11-13-33/h3-6,9,16,18,24,29,32H,7-8,10-15H2,1-2H3/t24-/m0/s1. The highest BCUT2D eigenvalue weighted by molar-refractivity contribution is 7.89. The molecule has 0 bridgehead atoms. The highest BCUT2D eigenvalue weighted by atomic mass is 32.2. The van der Waals surface area contributed by atoms with Gasteiger partial charge in [0.05, 0.1) is 17.4 Å². The molecule has 0 saturated carbocycles. The molecule has 1 saturated heterocycles. The van der Waals surface area contributed by atoms with Crippen molar-refractivity contribution in [1.82, 2.24) is 25.1 Å². The Balaban J connectivity index is 1.32. The summed E-state index contributed by atoms with van der Waals surface area (Å²) in [5.41, 5.74) is 3.80. The third-order valence-corrected chi connectivity index (χ3v) is 8.22. The first-order valence-electron chi connectivity index (χ1n) is 12.9. The summed E-state index contributed by atoms with van der Waals surface area (Å²) in [6.45, 7) is 7.85. The first-order chi connectivity index (χ1) is 18.3. The van der Waals surface area contributed by atoms with Gasteiger partial charge >= 0.3 is 0 Å². The summed E-state index contributed by atoms with van der Waals surface area (Å²) in [4.78, 5) is 6.77. The van der Waals surface area contributed by atoms with E-state index in [-0.39, 0.29) is 17.9 Å². The van der Waals surface area contributed by atoms with Gasteiger partial charge in [-0.25, -0.2) is 13.1 Å². The molecule has 1 aliphatic carbocycles. The quantitative estimate of drug-likeness (QED) is 0.423. The molecule has 11 heteroatoms. The predicted octanol–water partition coefficient (Wildman–Crippen LogP) is 2.87. The number of aromatic nitrogens is 2. The van der Waals surface area contributed by atoms with Crippen molar-refractivity contribution in [2.75, 3.05) is 38.5 Å². The van der Waals surface area contributed by atoms with Crippen LogP contribution in [0.15, 0.2) is 40.9 Å². The molecule has 1 aliphatic heterocycles. The lowest BCUT2D eigenvalue weighted by atomic mass is 10.0. The van der Waals surface area contributed by atoms with E-state index in [1.807, 2.05) is 32.0 Å². The van der Waals surface area contributed by atoms with Crippen LogP contribution in [0, 0.1) is 11.3 Å². The predicted molar refractivity (Wildman–Crippen MR) is 143 cm³/mol. The van der Waals surface area contributed by atoms with Crippen LogP contribution in [-0.2, 0) is 16.4 Å². The Hall–Kier alpha value is -3.30. The van der Waals surface area contributed by atoms with Gasteiger partial charge in [-0.05, 0) is 56.0 Å². The average molecular weight is 537 g/mol. The Bertz CT molecular complexity index is 1440. The van der Waals surface area contributed by atoms with E-state index in [0.29, 0.717) is 48.0 Å². The van der Waals surface area contributed by atoms with E-state index in [0.717, 1.165) is 42.9 Å². The van der Waals surface area contributed by atoms with Crippen molar-refractivity contribution in [3.63, 3.8) is 0 Å². The summed E-state index contributed by atoms with van der Waals surface area (Å²) in [7, 11) is -3.43. The lowest BCUT2D eigenvalue weighted by Crippen LogP contribution is -2.46. The van der Waals surface area contributed by atoms with Gasteiger partial charge in [0.2, 0.25) is 15.8 Å². The zero-order valence-electron chi connectivity index (χ0n) is 21.6. The molecule has 2 N–H and O–H groups in total. The van der Waals surface area contributed by atoms with Crippen molar-refractivity contribution in [2.24, 2.45) is 0 Å². The minimum Gasteiger partial charge on any atom is -0.490 e. The van der Waals surface area contributed by atoms with Crippen LogP contribution in [0.1, 0.15) is 43.0 Å². The van der Waals surface area contributed by atoms with E-state index in [1.54, 1.807) is 18.2 Å². The van der Waals surface area contributed by atoms with Gasteiger partial charge in [0.1, 0.15) is 11.8 Å².